The molecule has 3 heteroatoms. The van der Waals surface area contributed by atoms with Gasteiger partial charge in [0.05, 0.1) is 12.7 Å². The molecule has 0 radical (unpaired) electrons. The number of methoxy groups -OCH3 is 1. The van der Waals surface area contributed by atoms with Gasteiger partial charge in [0, 0.05) is 12.8 Å². The monoisotopic (exact) mass is 218 g/mol. The molecule has 16 heavy (non-hydrogen) atoms. The van der Waals surface area contributed by atoms with Crippen molar-refractivity contribution in [2.75, 3.05) is 7.11 Å². The summed E-state index contributed by atoms with van der Waals surface area (Å²) in [6, 6.07) is 7.36. The minimum atomic E-state index is -0.328. The first-order valence-corrected chi connectivity index (χ1v) is 5.40. The smallest absolute Gasteiger partial charge is 0.337 e. The molecule has 1 aromatic rings. The van der Waals surface area contributed by atoms with Crippen LogP contribution in [0.5, 0.6) is 0 Å². The molecular formula is C13H14O3. The number of hydrogen-bond donors (Lipinski definition) is 0. The second kappa shape index (κ2) is 4.47. The molecule has 0 aliphatic heterocycles. The predicted octanol–water partition coefficient (Wildman–Crippen LogP) is 2.31. The molecule has 0 bridgehead atoms. The van der Waals surface area contributed by atoms with Gasteiger partial charge in [-0.05, 0) is 30.0 Å². The highest BCUT2D eigenvalue weighted by atomic mass is 16.5. The van der Waals surface area contributed by atoms with Crippen LogP contribution in [0.3, 0.4) is 0 Å². The molecule has 2 rings (SSSR count). The van der Waals surface area contributed by atoms with Crippen molar-refractivity contribution in [1.82, 2.24) is 0 Å². The average molecular weight is 218 g/mol. The fourth-order valence-electron chi connectivity index (χ4n) is 2.14. The van der Waals surface area contributed by atoms with E-state index in [9.17, 15) is 9.59 Å². The Morgan fingerprint density at radius 1 is 1.44 bits per heavy atom. The van der Waals surface area contributed by atoms with Crippen LogP contribution in [0.1, 0.15) is 41.1 Å². The van der Waals surface area contributed by atoms with Gasteiger partial charge in [-0.3, -0.25) is 4.79 Å². The number of hydrogen-bond acceptors (Lipinski definition) is 3. The van der Waals surface area contributed by atoms with Gasteiger partial charge in [0.25, 0.3) is 0 Å². The standard InChI is InChI=1S/C13H14O3/c1-16-13(15)11-4-2-3-9(7-11)10-5-6-12(14)8-10/h2-4,7,10H,5-6,8H2,1H3. The second-order valence-electron chi connectivity index (χ2n) is 4.10. The third kappa shape index (κ3) is 2.13. The van der Waals surface area contributed by atoms with Gasteiger partial charge in [-0.2, -0.15) is 0 Å². The van der Waals surface area contributed by atoms with Gasteiger partial charge >= 0.3 is 5.97 Å². The highest BCUT2D eigenvalue weighted by Gasteiger charge is 2.23. The van der Waals surface area contributed by atoms with Gasteiger partial charge in [-0.1, -0.05) is 12.1 Å². The van der Waals surface area contributed by atoms with Crippen molar-refractivity contribution >= 4 is 11.8 Å². The molecule has 0 saturated heterocycles. The highest BCUT2D eigenvalue weighted by Crippen LogP contribution is 2.32. The number of benzene rings is 1. The van der Waals surface area contributed by atoms with E-state index in [0.717, 1.165) is 12.0 Å². The maximum Gasteiger partial charge on any atom is 0.337 e. The Bertz CT molecular complexity index is 423. The molecule has 0 spiro atoms. The van der Waals surface area contributed by atoms with E-state index in [0.29, 0.717) is 24.2 Å². The molecule has 1 aromatic carbocycles. The first kappa shape index (κ1) is 10.9. The Labute approximate surface area is 94.4 Å². The van der Waals surface area contributed by atoms with E-state index >= 15 is 0 Å². The van der Waals surface area contributed by atoms with Gasteiger partial charge in [0.1, 0.15) is 5.78 Å². The van der Waals surface area contributed by atoms with Crippen molar-refractivity contribution in [2.45, 2.75) is 25.2 Å². The molecule has 1 saturated carbocycles. The summed E-state index contributed by atoms with van der Waals surface area (Å²) in [5.74, 6) is 0.261. The zero-order valence-corrected chi connectivity index (χ0v) is 9.23. The SMILES string of the molecule is COC(=O)c1cccc(C2CCC(=O)C2)c1. The lowest BCUT2D eigenvalue weighted by molar-refractivity contribution is -0.117. The Balaban J connectivity index is 2.22. The lowest BCUT2D eigenvalue weighted by Gasteiger charge is -2.09. The zero-order valence-electron chi connectivity index (χ0n) is 9.23. The molecule has 0 amide bonds. The van der Waals surface area contributed by atoms with Crippen LogP contribution in [-0.4, -0.2) is 18.9 Å². The van der Waals surface area contributed by atoms with E-state index in [1.54, 1.807) is 6.07 Å². The van der Waals surface area contributed by atoms with Gasteiger partial charge in [-0.25, -0.2) is 4.79 Å². The number of carbonyl (C=O) groups is 2. The molecule has 0 heterocycles. The summed E-state index contributed by atoms with van der Waals surface area (Å²) in [4.78, 5) is 22.6. The number of carbonyl (C=O) groups excluding carboxylic acids is 2. The summed E-state index contributed by atoms with van der Waals surface area (Å²) in [7, 11) is 1.37. The lowest BCUT2D eigenvalue weighted by Crippen LogP contribution is -2.03. The summed E-state index contributed by atoms with van der Waals surface area (Å²) in [5, 5.41) is 0. The first-order chi connectivity index (χ1) is 7.70. The fraction of sp³-hybridized carbons (Fsp3) is 0.385. The van der Waals surface area contributed by atoms with Crippen LogP contribution in [0.15, 0.2) is 24.3 Å². The number of esters is 1. The maximum atomic E-state index is 11.4. The molecule has 0 N–H and O–H groups in total. The van der Waals surface area contributed by atoms with E-state index in [4.69, 9.17) is 0 Å². The van der Waals surface area contributed by atoms with E-state index in [1.165, 1.54) is 7.11 Å². The molecular weight excluding hydrogens is 204 g/mol. The Morgan fingerprint density at radius 3 is 2.88 bits per heavy atom. The molecule has 84 valence electrons. The predicted molar refractivity (Wildman–Crippen MR) is 59.4 cm³/mol. The average Bonchev–Trinajstić information content (AvgIpc) is 2.75. The summed E-state index contributed by atoms with van der Waals surface area (Å²) in [6.45, 7) is 0. The van der Waals surface area contributed by atoms with Crippen molar-refractivity contribution in [3.8, 4) is 0 Å². The normalized spacial score (nSPS) is 19.8. The van der Waals surface area contributed by atoms with Crippen molar-refractivity contribution in [3.05, 3.63) is 35.4 Å². The van der Waals surface area contributed by atoms with E-state index < -0.39 is 0 Å². The van der Waals surface area contributed by atoms with E-state index in [-0.39, 0.29) is 11.9 Å². The molecule has 1 atom stereocenters. The van der Waals surface area contributed by atoms with Crippen LogP contribution >= 0.6 is 0 Å². The number of ketones is 1. The van der Waals surface area contributed by atoms with Crippen LogP contribution in [0.4, 0.5) is 0 Å². The van der Waals surface area contributed by atoms with E-state index in [2.05, 4.69) is 4.74 Å². The first-order valence-electron chi connectivity index (χ1n) is 5.40. The summed E-state index contributed by atoms with van der Waals surface area (Å²) >= 11 is 0. The number of rotatable bonds is 2. The molecule has 0 aromatic heterocycles. The zero-order chi connectivity index (χ0) is 11.5. The van der Waals surface area contributed by atoms with Crippen molar-refractivity contribution in [2.24, 2.45) is 0 Å². The Hall–Kier alpha value is -1.64. The van der Waals surface area contributed by atoms with Crippen molar-refractivity contribution in [3.63, 3.8) is 0 Å². The third-order valence-electron chi connectivity index (χ3n) is 3.02. The second-order valence-corrected chi connectivity index (χ2v) is 4.10. The lowest BCUT2D eigenvalue weighted by atomic mass is 9.96. The van der Waals surface area contributed by atoms with Gasteiger partial charge in [0.15, 0.2) is 0 Å². The fourth-order valence-corrected chi connectivity index (χ4v) is 2.14. The summed E-state index contributed by atoms with van der Waals surface area (Å²) < 4.78 is 4.67. The maximum absolute atomic E-state index is 11.4. The van der Waals surface area contributed by atoms with Gasteiger partial charge < -0.3 is 4.74 Å². The van der Waals surface area contributed by atoms with E-state index in [1.807, 2.05) is 18.2 Å². The van der Waals surface area contributed by atoms with Crippen LogP contribution < -0.4 is 0 Å². The van der Waals surface area contributed by atoms with Crippen LogP contribution in [0.25, 0.3) is 0 Å². The topological polar surface area (TPSA) is 43.4 Å². The number of ether oxygens (including phenoxy) is 1. The van der Waals surface area contributed by atoms with Crippen LogP contribution in [0.2, 0.25) is 0 Å². The molecule has 1 fully saturated rings. The molecule has 3 nitrogen and oxygen atoms in total. The van der Waals surface area contributed by atoms with Gasteiger partial charge in [0.2, 0.25) is 0 Å². The van der Waals surface area contributed by atoms with Crippen LogP contribution in [-0.2, 0) is 9.53 Å². The van der Waals surface area contributed by atoms with Crippen LogP contribution in [0, 0.1) is 0 Å². The molecule has 1 unspecified atom stereocenters. The Kier molecular flexibility index (Phi) is 3.04. The molecule has 1 aliphatic rings. The van der Waals surface area contributed by atoms with Crippen molar-refractivity contribution in [1.29, 1.82) is 0 Å². The quantitative estimate of drug-likeness (QED) is 0.715. The Morgan fingerprint density at radius 2 is 2.25 bits per heavy atom. The highest BCUT2D eigenvalue weighted by molar-refractivity contribution is 5.89. The minimum Gasteiger partial charge on any atom is -0.465 e. The summed E-state index contributed by atoms with van der Waals surface area (Å²) in [5.41, 5.74) is 1.62. The van der Waals surface area contributed by atoms with Crippen molar-refractivity contribution < 1.29 is 14.3 Å². The largest absolute Gasteiger partial charge is 0.465 e. The summed E-state index contributed by atoms with van der Waals surface area (Å²) in [6.07, 6.45) is 2.15. The third-order valence-corrected chi connectivity index (χ3v) is 3.02. The number of Topliss-reactive ketones (excluding diaryl/α,β-unsaturated/α-hetero) is 1. The molecule has 1 aliphatic carbocycles. The minimum absolute atomic E-state index is 0.275. The van der Waals surface area contributed by atoms with Gasteiger partial charge in [-0.15, -0.1) is 0 Å².